The van der Waals surface area contributed by atoms with Gasteiger partial charge in [-0.2, -0.15) is 5.10 Å². The van der Waals surface area contributed by atoms with Gasteiger partial charge in [-0.15, -0.1) is 0 Å². The first-order valence-corrected chi connectivity index (χ1v) is 7.66. The lowest BCUT2D eigenvalue weighted by Gasteiger charge is -2.11. The fourth-order valence-electron chi connectivity index (χ4n) is 2.23. The number of aromatic nitrogens is 4. The van der Waals surface area contributed by atoms with E-state index in [-0.39, 0.29) is 6.54 Å². The van der Waals surface area contributed by atoms with Crippen molar-refractivity contribution in [2.45, 2.75) is 12.5 Å². The molecule has 0 aliphatic carbocycles. The Morgan fingerprint density at radius 2 is 2.08 bits per heavy atom. The maximum absolute atomic E-state index is 12.9. The van der Waals surface area contributed by atoms with Crippen molar-refractivity contribution in [1.29, 1.82) is 0 Å². The van der Waals surface area contributed by atoms with E-state index in [4.69, 9.17) is 0 Å². The number of hydrogen-bond acceptors (Lipinski definition) is 5. The van der Waals surface area contributed by atoms with Gasteiger partial charge in [-0.25, -0.2) is 9.37 Å². The van der Waals surface area contributed by atoms with Gasteiger partial charge in [-0.3, -0.25) is 14.9 Å². The van der Waals surface area contributed by atoms with Crippen molar-refractivity contribution in [1.82, 2.24) is 25.5 Å². The highest BCUT2D eigenvalue weighted by atomic mass is 19.1. The van der Waals surface area contributed by atoms with Gasteiger partial charge in [0.15, 0.2) is 11.9 Å². The van der Waals surface area contributed by atoms with E-state index in [1.165, 1.54) is 24.3 Å². The molecule has 2 aromatic heterocycles. The quantitative estimate of drug-likeness (QED) is 0.629. The van der Waals surface area contributed by atoms with Gasteiger partial charge in [0.2, 0.25) is 0 Å². The van der Waals surface area contributed by atoms with Gasteiger partial charge in [0.25, 0.3) is 5.91 Å². The Labute approximate surface area is 143 Å². The third-order valence-electron chi connectivity index (χ3n) is 3.55. The van der Waals surface area contributed by atoms with Crippen molar-refractivity contribution in [2.24, 2.45) is 0 Å². The van der Waals surface area contributed by atoms with Crippen LogP contribution in [0.3, 0.4) is 0 Å². The van der Waals surface area contributed by atoms with E-state index in [0.29, 0.717) is 23.6 Å². The number of carbonyl (C=O) groups is 1. The number of carbonyl (C=O) groups excluding carboxylic acids is 1. The number of pyridine rings is 1. The summed E-state index contributed by atoms with van der Waals surface area (Å²) >= 11 is 0. The minimum absolute atomic E-state index is 0.277. The second-order valence-electron chi connectivity index (χ2n) is 5.34. The molecule has 128 valence electrons. The van der Waals surface area contributed by atoms with Crippen molar-refractivity contribution in [3.63, 3.8) is 0 Å². The SMILES string of the molecule is O=C(NCCc1nc(-c2cccnc2)n[nH]1)C(O)c1ccc(F)cc1. The monoisotopic (exact) mass is 341 g/mol. The topological polar surface area (TPSA) is 104 Å². The number of aromatic amines is 1. The molecule has 0 radical (unpaired) electrons. The molecule has 0 saturated carbocycles. The largest absolute Gasteiger partial charge is 0.378 e. The Balaban J connectivity index is 1.52. The standard InChI is InChI=1S/C17H16FN5O2/c18-13-5-3-11(4-6-13)15(24)17(25)20-9-7-14-21-16(23-22-14)12-2-1-8-19-10-12/h1-6,8,10,15,24H,7,9H2,(H,20,25)(H,21,22,23). The van der Waals surface area contributed by atoms with Crippen LogP contribution < -0.4 is 5.32 Å². The summed E-state index contributed by atoms with van der Waals surface area (Å²) in [5, 5.41) is 19.5. The highest BCUT2D eigenvalue weighted by Crippen LogP contribution is 2.14. The molecule has 0 aliphatic heterocycles. The molecule has 0 saturated heterocycles. The lowest BCUT2D eigenvalue weighted by atomic mass is 10.1. The molecular weight excluding hydrogens is 325 g/mol. The summed E-state index contributed by atoms with van der Waals surface area (Å²) in [4.78, 5) is 20.3. The van der Waals surface area contributed by atoms with Crippen molar-refractivity contribution in [3.05, 3.63) is 66.0 Å². The molecule has 0 spiro atoms. The number of aliphatic hydroxyl groups is 1. The van der Waals surface area contributed by atoms with Gasteiger partial charge in [0.05, 0.1) is 0 Å². The number of nitrogens with one attached hydrogen (secondary N) is 2. The summed E-state index contributed by atoms with van der Waals surface area (Å²) in [7, 11) is 0. The summed E-state index contributed by atoms with van der Waals surface area (Å²) in [5.41, 5.74) is 1.12. The normalized spacial score (nSPS) is 11.9. The predicted molar refractivity (Wildman–Crippen MR) is 87.7 cm³/mol. The maximum Gasteiger partial charge on any atom is 0.253 e. The zero-order chi connectivity index (χ0) is 17.6. The van der Waals surface area contributed by atoms with Crippen molar-refractivity contribution < 1.29 is 14.3 Å². The van der Waals surface area contributed by atoms with Gasteiger partial charge < -0.3 is 10.4 Å². The smallest absolute Gasteiger partial charge is 0.253 e. The Hall–Kier alpha value is -3.13. The first-order chi connectivity index (χ1) is 12.1. The van der Waals surface area contributed by atoms with Gasteiger partial charge >= 0.3 is 0 Å². The first-order valence-electron chi connectivity index (χ1n) is 7.66. The third kappa shape index (κ3) is 4.24. The average molecular weight is 341 g/mol. The molecule has 8 heteroatoms. The van der Waals surface area contributed by atoms with Crippen LogP contribution >= 0.6 is 0 Å². The van der Waals surface area contributed by atoms with E-state index in [2.05, 4.69) is 25.5 Å². The van der Waals surface area contributed by atoms with E-state index in [9.17, 15) is 14.3 Å². The summed E-state index contributed by atoms with van der Waals surface area (Å²) in [6.45, 7) is 0.277. The molecule has 3 aromatic rings. The second-order valence-corrected chi connectivity index (χ2v) is 5.34. The lowest BCUT2D eigenvalue weighted by molar-refractivity contribution is -0.129. The Morgan fingerprint density at radius 3 is 2.80 bits per heavy atom. The fraction of sp³-hybridized carbons (Fsp3) is 0.176. The van der Waals surface area contributed by atoms with Crippen LogP contribution in [0.4, 0.5) is 4.39 Å². The number of nitrogens with zero attached hydrogens (tertiary/aromatic N) is 3. The van der Waals surface area contributed by atoms with Gasteiger partial charge in [0.1, 0.15) is 11.6 Å². The zero-order valence-corrected chi connectivity index (χ0v) is 13.2. The number of H-pyrrole nitrogens is 1. The Kier molecular flexibility index (Phi) is 5.10. The minimum Gasteiger partial charge on any atom is -0.378 e. The van der Waals surface area contributed by atoms with Crippen LogP contribution in [-0.4, -0.2) is 37.7 Å². The molecule has 1 aromatic carbocycles. The minimum atomic E-state index is -1.35. The van der Waals surface area contributed by atoms with Crippen molar-refractivity contribution in [2.75, 3.05) is 6.54 Å². The van der Waals surface area contributed by atoms with Crippen LogP contribution in [0.25, 0.3) is 11.4 Å². The number of halogens is 1. The van der Waals surface area contributed by atoms with E-state index in [0.717, 1.165) is 5.56 Å². The molecule has 25 heavy (non-hydrogen) atoms. The second kappa shape index (κ2) is 7.63. The molecule has 0 bridgehead atoms. The number of benzene rings is 1. The summed E-state index contributed by atoms with van der Waals surface area (Å²) in [6.07, 6.45) is 2.41. The Morgan fingerprint density at radius 1 is 1.28 bits per heavy atom. The summed E-state index contributed by atoms with van der Waals surface area (Å²) < 4.78 is 12.9. The molecule has 3 N–H and O–H groups in total. The average Bonchev–Trinajstić information content (AvgIpc) is 3.11. The predicted octanol–water partition coefficient (Wildman–Crippen LogP) is 1.40. The van der Waals surface area contributed by atoms with Crippen LogP contribution in [0.5, 0.6) is 0 Å². The zero-order valence-electron chi connectivity index (χ0n) is 13.2. The third-order valence-corrected chi connectivity index (χ3v) is 3.55. The van der Waals surface area contributed by atoms with Crippen molar-refractivity contribution >= 4 is 5.91 Å². The molecule has 1 unspecified atom stereocenters. The molecular formula is C17H16FN5O2. The Bertz CT molecular complexity index is 836. The van der Waals surface area contributed by atoms with E-state index in [1.54, 1.807) is 18.5 Å². The number of rotatable bonds is 6. The summed E-state index contributed by atoms with van der Waals surface area (Å²) in [6, 6.07) is 8.77. The highest BCUT2D eigenvalue weighted by Gasteiger charge is 2.17. The van der Waals surface area contributed by atoms with Gasteiger partial charge in [-0.1, -0.05) is 12.1 Å². The number of amides is 1. The van der Waals surface area contributed by atoms with E-state index >= 15 is 0 Å². The van der Waals surface area contributed by atoms with Crippen LogP contribution in [0.2, 0.25) is 0 Å². The van der Waals surface area contributed by atoms with Crippen LogP contribution in [-0.2, 0) is 11.2 Å². The maximum atomic E-state index is 12.9. The number of aliphatic hydroxyl groups excluding tert-OH is 1. The van der Waals surface area contributed by atoms with E-state index < -0.39 is 17.8 Å². The van der Waals surface area contributed by atoms with Crippen LogP contribution in [0.15, 0.2) is 48.8 Å². The molecule has 1 atom stereocenters. The molecule has 1 amide bonds. The van der Waals surface area contributed by atoms with E-state index in [1.807, 2.05) is 6.07 Å². The lowest BCUT2D eigenvalue weighted by Crippen LogP contribution is -2.31. The van der Waals surface area contributed by atoms with Crippen LogP contribution in [0.1, 0.15) is 17.5 Å². The van der Waals surface area contributed by atoms with Gasteiger partial charge in [0, 0.05) is 30.9 Å². The summed E-state index contributed by atoms with van der Waals surface area (Å²) in [5.74, 6) is 0.154. The first kappa shape index (κ1) is 16.7. The molecule has 2 heterocycles. The molecule has 0 fully saturated rings. The van der Waals surface area contributed by atoms with Gasteiger partial charge in [-0.05, 0) is 29.8 Å². The molecule has 0 aliphatic rings. The highest BCUT2D eigenvalue weighted by molar-refractivity contribution is 5.81. The fourth-order valence-corrected chi connectivity index (χ4v) is 2.23. The van der Waals surface area contributed by atoms with Crippen LogP contribution in [0, 0.1) is 5.82 Å². The molecule has 7 nitrogen and oxygen atoms in total. The number of hydrogen-bond donors (Lipinski definition) is 3. The molecule has 3 rings (SSSR count). The van der Waals surface area contributed by atoms with Crippen molar-refractivity contribution in [3.8, 4) is 11.4 Å².